The fourth-order valence-electron chi connectivity index (χ4n) is 1.28. The van der Waals surface area contributed by atoms with Crippen molar-refractivity contribution in [3.63, 3.8) is 0 Å². The molecule has 1 amide bonds. The highest BCUT2D eigenvalue weighted by Crippen LogP contribution is 2.09. The van der Waals surface area contributed by atoms with Crippen molar-refractivity contribution in [2.75, 3.05) is 24.7 Å². The number of amides is 1. The summed E-state index contributed by atoms with van der Waals surface area (Å²) in [6.45, 7) is 4.71. The molecule has 4 nitrogen and oxygen atoms in total. The van der Waals surface area contributed by atoms with Crippen LogP contribution in [-0.2, 0) is 11.3 Å². The van der Waals surface area contributed by atoms with Crippen molar-refractivity contribution in [3.05, 3.63) is 23.9 Å². The Bertz CT molecular complexity index is 376. The summed E-state index contributed by atoms with van der Waals surface area (Å²) in [4.78, 5) is 17.8. The van der Waals surface area contributed by atoms with Gasteiger partial charge in [0, 0.05) is 26.8 Å². The molecule has 5 heteroatoms. The Labute approximate surface area is 113 Å². The largest absolute Gasteiger partial charge is 0.363 e. The zero-order valence-electron chi connectivity index (χ0n) is 11.4. The second-order valence-electron chi connectivity index (χ2n) is 4.56. The molecular weight excluding hydrogens is 246 g/mol. The van der Waals surface area contributed by atoms with Crippen LogP contribution in [0.1, 0.15) is 19.4 Å². The minimum Gasteiger partial charge on any atom is -0.363 e. The number of nitrogens with zero attached hydrogens (tertiary/aromatic N) is 2. The second kappa shape index (κ2) is 7.26. The Morgan fingerprint density at radius 1 is 1.44 bits per heavy atom. The highest BCUT2D eigenvalue weighted by molar-refractivity contribution is 8.00. The van der Waals surface area contributed by atoms with Gasteiger partial charge in [-0.1, -0.05) is 19.9 Å². The van der Waals surface area contributed by atoms with Gasteiger partial charge < -0.3 is 10.2 Å². The minimum atomic E-state index is 0.0744. The van der Waals surface area contributed by atoms with Crippen molar-refractivity contribution in [2.24, 2.45) is 0 Å². The fourth-order valence-corrected chi connectivity index (χ4v) is 1.87. The zero-order chi connectivity index (χ0) is 13.5. The smallest absolute Gasteiger partial charge is 0.230 e. The molecule has 0 saturated carbocycles. The Hall–Kier alpha value is -1.23. The highest BCUT2D eigenvalue weighted by Gasteiger charge is 2.04. The number of anilines is 1. The van der Waals surface area contributed by atoms with Gasteiger partial charge >= 0.3 is 0 Å². The third-order valence-electron chi connectivity index (χ3n) is 2.30. The lowest BCUT2D eigenvalue weighted by Gasteiger charge is -2.11. The first-order chi connectivity index (χ1) is 8.49. The summed E-state index contributed by atoms with van der Waals surface area (Å²) in [5, 5.41) is 3.37. The molecule has 0 aliphatic carbocycles. The molecule has 0 fully saturated rings. The monoisotopic (exact) mass is 267 g/mol. The fraction of sp³-hybridized carbons (Fsp3) is 0.538. The Kier molecular flexibility index (Phi) is 5.98. The summed E-state index contributed by atoms with van der Waals surface area (Å²) in [5.41, 5.74) is 1.02. The maximum Gasteiger partial charge on any atom is 0.230 e. The molecule has 18 heavy (non-hydrogen) atoms. The molecule has 0 radical (unpaired) electrons. The topological polar surface area (TPSA) is 45.2 Å². The van der Waals surface area contributed by atoms with Gasteiger partial charge in [0.2, 0.25) is 5.91 Å². The number of pyridine rings is 1. The molecular formula is C13H21N3OS. The van der Waals surface area contributed by atoms with Crippen LogP contribution in [0.2, 0.25) is 0 Å². The van der Waals surface area contributed by atoms with Gasteiger partial charge in [-0.25, -0.2) is 4.98 Å². The molecule has 1 aromatic rings. The van der Waals surface area contributed by atoms with Crippen molar-refractivity contribution in [1.29, 1.82) is 0 Å². The second-order valence-corrected chi connectivity index (χ2v) is 6.12. The molecule has 0 bridgehead atoms. The van der Waals surface area contributed by atoms with Gasteiger partial charge in [-0.2, -0.15) is 0 Å². The number of thioether (sulfide) groups is 1. The molecule has 1 rings (SSSR count). The van der Waals surface area contributed by atoms with Gasteiger partial charge in [0.25, 0.3) is 0 Å². The average Bonchev–Trinajstić information content (AvgIpc) is 2.34. The lowest BCUT2D eigenvalue weighted by molar-refractivity contribution is -0.118. The molecule has 1 aromatic heterocycles. The van der Waals surface area contributed by atoms with Crippen LogP contribution in [-0.4, -0.2) is 36.0 Å². The molecule has 0 aromatic carbocycles. The molecule has 1 heterocycles. The first kappa shape index (κ1) is 14.8. The van der Waals surface area contributed by atoms with Gasteiger partial charge in [-0.05, 0) is 16.9 Å². The third kappa shape index (κ3) is 5.40. The lowest BCUT2D eigenvalue weighted by atomic mass is 10.3. The van der Waals surface area contributed by atoms with Gasteiger partial charge in [0.15, 0.2) is 0 Å². The number of carbonyl (C=O) groups excluding carboxylic acids is 1. The summed E-state index contributed by atoms with van der Waals surface area (Å²) >= 11 is 1.65. The summed E-state index contributed by atoms with van der Waals surface area (Å²) in [5.74, 6) is 1.51. The summed E-state index contributed by atoms with van der Waals surface area (Å²) in [7, 11) is 3.90. The molecule has 1 N–H and O–H groups in total. The predicted octanol–water partition coefficient (Wildman–Crippen LogP) is 1.91. The average molecular weight is 267 g/mol. The molecule has 0 saturated heterocycles. The summed E-state index contributed by atoms with van der Waals surface area (Å²) in [6, 6.07) is 3.93. The number of nitrogens with one attached hydrogen (secondary N) is 1. The summed E-state index contributed by atoms with van der Waals surface area (Å²) in [6.07, 6.45) is 1.80. The molecule has 0 spiro atoms. The van der Waals surface area contributed by atoms with Crippen LogP contribution in [0.25, 0.3) is 0 Å². The van der Waals surface area contributed by atoms with Crippen LogP contribution >= 0.6 is 11.8 Å². The first-order valence-electron chi connectivity index (χ1n) is 5.99. The van der Waals surface area contributed by atoms with Gasteiger partial charge in [-0.3, -0.25) is 4.79 Å². The van der Waals surface area contributed by atoms with Crippen LogP contribution in [0.5, 0.6) is 0 Å². The number of hydrogen-bond donors (Lipinski definition) is 1. The van der Waals surface area contributed by atoms with E-state index >= 15 is 0 Å². The van der Waals surface area contributed by atoms with Crippen LogP contribution in [0.4, 0.5) is 5.82 Å². The first-order valence-corrected chi connectivity index (χ1v) is 7.04. The molecule has 0 unspecified atom stereocenters. The summed E-state index contributed by atoms with van der Waals surface area (Å²) < 4.78 is 0. The predicted molar refractivity (Wildman–Crippen MR) is 78.0 cm³/mol. The van der Waals surface area contributed by atoms with Crippen molar-refractivity contribution in [3.8, 4) is 0 Å². The Balaban J connectivity index is 2.37. The Morgan fingerprint density at radius 3 is 2.67 bits per heavy atom. The minimum absolute atomic E-state index is 0.0744. The van der Waals surface area contributed by atoms with E-state index < -0.39 is 0 Å². The van der Waals surface area contributed by atoms with Gasteiger partial charge in [0.05, 0.1) is 5.75 Å². The van der Waals surface area contributed by atoms with E-state index in [1.54, 1.807) is 18.0 Å². The van der Waals surface area contributed by atoms with E-state index in [1.165, 1.54) is 0 Å². The van der Waals surface area contributed by atoms with Crippen LogP contribution in [0, 0.1) is 0 Å². The molecule has 0 aliphatic heterocycles. The van der Waals surface area contributed by atoms with E-state index in [9.17, 15) is 4.79 Å². The maximum absolute atomic E-state index is 11.5. The SMILES string of the molecule is CC(C)SCC(=O)NCc1ccc(N(C)C)nc1. The quantitative estimate of drug-likeness (QED) is 0.855. The standard InChI is InChI=1S/C13H21N3OS/c1-10(2)18-9-13(17)15-8-11-5-6-12(14-7-11)16(3)4/h5-7,10H,8-9H2,1-4H3,(H,15,17). The number of aromatic nitrogens is 1. The van der Waals surface area contributed by atoms with Crippen LogP contribution in [0.3, 0.4) is 0 Å². The number of hydrogen-bond acceptors (Lipinski definition) is 4. The maximum atomic E-state index is 11.5. The van der Waals surface area contributed by atoms with Crippen molar-refractivity contribution < 1.29 is 4.79 Å². The van der Waals surface area contributed by atoms with Crippen molar-refractivity contribution in [1.82, 2.24) is 10.3 Å². The van der Waals surface area contributed by atoms with Gasteiger partial charge in [0.1, 0.15) is 5.82 Å². The zero-order valence-corrected chi connectivity index (χ0v) is 12.3. The number of carbonyl (C=O) groups is 1. The molecule has 0 aliphatic rings. The van der Waals surface area contributed by atoms with Crippen LogP contribution in [0.15, 0.2) is 18.3 Å². The normalized spacial score (nSPS) is 10.5. The van der Waals surface area contributed by atoms with E-state index in [2.05, 4.69) is 24.1 Å². The number of rotatable bonds is 6. The van der Waals surface area contributed by atoms with E-state index in [4.69, 9.17) is 0 Å². The third-order valence-corrected chi connectivity index (χ3v) is 3.40. The van der Waals surface area contributed by atoms with E-state index in [0.29, 0.717) is 17.5 Å². The van der Waals surface area contributed by atoms with E-state index in [1.807, 2.05) is 31.1 Å². The van der Waals surface area contributed by atoms with E-state index in [0.717, 1.165) is 11.4 Å². The lowest BCUT2D eigenvalue weighted by Crippen LogP contribution is -2.25. The van der Waals surface area contributed by atoms with Crippen LogP contribution < -0.4 is 10.2 Å². The highest BCUT2D eigenvalue weighted by atomic mass is 32.2. The molecule has 0 atom stereocenters. The Morgan fingerprint density at radius 2 is 2.17 bits per heavy atom. The van der Waals surface area contributed by atoms with Crippen molar-refractivity contribution in [2.45, 2.75) is 25.6 Å². The molecule has 100 valence electrons. The van der Waals surface area contributed by atoms with E-state index in [-0.39, 0.29) is 5.91 Å². The van der Waals surface area contributed by atoms with Gasteiger partial charge in [-0.15, -0.1) is 11.8 Å². The van der Waals surface area contributed by atoms with Crippen molar-refractivity contribution >= 4 is 23.5 Å².